The van der Waals surface area contributed by atoms with Crippen molar-refractivity contribution in [1.82, 2.24) is 19.9 Å². The molecule has 0 saturated heterocycles. The number of nitrogens with zero attached hydrogens (tertiary/aromatic N) is 4. The van der Waals surface area contributed by atoms with E-state index in [9.17, 15) is 9.00 Å². The Morgan fingerprint density at radius 3 is 2.36 bits per heavy atom. The van der Waals surface area contributed by atoms with E-state index in [4.69, 9.17) is 0 Å². The first-order valence-corrected chi connectivity index (χ1v) is 9.25. The van der Waals surface area contributed by atoms with Crippen LogP contribution in [0.1, 0.15) is 15.9 Å². The molecule has 25 heavy (non-hydrogen) atoms. The van der Waals surface area contributed by atoms with Gasteiger partial charge in [0.2, 0.25) is 0 Å². The van der Waals surface area contributed by atoms with Crippen LogP contribution in [0.3, 0.4) is 0 Å². The third-order valence-electron chi connectivity index (χ3n) is 3.82. The number of carbonyl (C=O) groups is 1. The van der Waals surface area contributed by atoms with Gasteiger partial charge in [-0.05, 0) is 42.0 Å². The van der Waals surface area contributed by atoms with Crippen molar-refractivity contribution in [1.29, 1.82) is 0 Å². The van der Waals surface area contributed by atoms with Crippen molar-refractivity contribution in [3.8, 4) is 5.69 Å². The van der Waals surface area contributed by atoms with Gasteiger partial charge in [-0.3, -0.25) is 9.00 Å². The number of benzene rings is 2. The first kappa shape index (κ1) is 17.0. The second kappa shape index (κ2) is 7.40. The number of hydrogen-bond donors (Lipinski definition) is 0. The van der Waals surface area contributed by atoms with Gasteiger partial charge in [-0.15, -0.1) is 5.10 Å². The second-order valence-electron chi connectivity index (χ2n) is 5.65. The summed E-state index contributed by atoms with van der Waals surface area (Å²) < 4.78 is 13.1. The zero-order chi connectivity index (χ0) is 17.8. The van der Waals surface area contributed by atoms with Crippen LogP contribution in [0.15, 0.2) is 65.8 Å². The maximum atomic E-state index is 12.6. The van der Waals surface area contributed by atoms with Gasteiger partial charge in [-0.2, -0.15) is 0 Å². The molecule has 0 aliphatic carbocycles. The fourth-order valence-corrected chi connectivity index (χ4v) is 2.97. The molecule has 1 aromatic heterocycles. The van der Waals surface area contributed by atoms with Crippen LogP contribution in [-0.2, 0) is 17.3 Å². The van der Waals surface area contributed by atoms with Gasteiger partial charge in [0.25, 0.3) is 5.91 Å². The summed E-state index contributed by atoms with van der Waals surface area (Å²) >= 11 is 0. The van der Waals surface area contributed by atoms with Gasteiger partial charge in [0.05, 0.1) is 18.1 Å². The highest BCUT2D eigenvalue weighted by Gasteiger charge is 2.12. The Hall–Kier alpha value is -2.80. The number of rotatable bonds is 5. The van der Waals surface area contributed by atoms with E-state index in [0.29, 0.717) is 12.1 Å². The summed E-state index contributed by atoms with van der Waals surface area (Å²) in [5.41, 5.74) is 2.45. The predicted molar refractivity (Wildman–Crippen MR) is 95.9 cm³/mol. The first-order valence-electron chi connectivity index (χ1n) is 7.69. The molecule has 0 N–H and O–H groups in total. The van der Waals surface area contributed by atoms with Gasteiger partial charge in [0.1, 0.15) is 0 Å². The zero-order valence-corrected chi connectivity index (χ0v) is 14.8. The molecule has 0 bridgehead atoms. The predicted octanol–water partition coefficient (Wildman–Crippen LogP) is 2.28. The molecule has 0 aliphatic heterocycles. The third-order valence-corrected chi connectivity index (χ3v) is 4.76. The van der Waals surface area contributed by atoms with E-state index in [1.54, 1.807) is 47.4 Å². The Morgan fingerprint density at radius 1 is 1.12 bits per heavy atom. The van der Waals surface area contributed by atoms with E-state index in [-0.39, 0.29) is 5.91 Å². The van der Waals surface area contributed by atoms with Gasteiger partial charge in [0.15, 0.2) is 0 Å². The molecule has 0 radical (unpaired) electrons. The highest BCUT2D eigenvalue weighted by Crippen LogP contribution is 2.13. The Kier molecular flexibility index (Phi) is 5.04. The van der Waals surface area contributed by atoms with Crippen molar-refractivity contribution >= 4 is 16.7 Å². The van der Waals surface area contributed by atoms with E-state index >= 15 is 0 Å². The number of carbonyl (C=O) groups excluding carboxylic acids is 1. The summed E-state index contributed by atoms with van der Waals surface area (Å²) in [6.45, 7) is 0.486. The summed E-state index contributed by atoms with van der Waals surface area (Å²) in [6.07, 6.45) is 5.00. The molecule has 0 fully saturated rings. The smallest absolute Gasteiger partial charge is 0.253 e. The molecule has 1 unspecified atom stereocenters. The SMILES string of the molecule is CN(Cc1ccc(S(C)=O)cc1)C(=O)c1ccc(-n2ccnn2)cc1. The maximum Gasteiger partial charge on any atom is 0.253 e. The molecule has 2 aromatic carbocycles. The van der Waals surface area contributed by atoms with Crippen LogP contribution in [-0.4, -0.2) is 43.3 Å². The minimum Gasteiger partial charge on any atom is -0.337 e. The molecule has 1 atom stereocenters. The molecule has 0 saturated carbocycles. The zero-order valence-electron chi connectivity index (χ0n) is 14.0. The molecule has 0 spiro atoms. The highest BCUT2D eigenvalue weighted by molar-refractivity contribution is 7.84. The summed E-state index contributed by atoms with van der Waals surface area (Å²) in [7, 11) is 0.768. The molecular weight excluding hydrogens is 336 g/mol. The number of aromatic nitrogens is 3. The van der Waals surface area contributed by atoms with Crippen LogP contribution in [0.2, 0.25) is 0 Å². The number of hydrogen-bond acceptors (Lipinski definition) is 4. The fraction of sp³-hybridized carbons (Fsp3) is 0.167. The lowest BCUT2D eigenvalue weighted by atomic mass is 10.1. The van der Waals surface area contributed by atoms with E-state index < -0.39 is 10.8 Å². The molecule has 0 aliphatic rings. The van der Waals surface area contributed by atoms with E-state index in [1.165, 1.54) is 0 Å². The van der Waals surface area contributed by atoms with Gasteiger partial charge in [-0.1, -0.05) is 17.3 Å². The lowest BCUT2D eigenvalue weighted by Crippen LogP contribution is -2.26. The quantitative estimate of drug-likeness (QED) is 0.705. The van der Waals surface area contributed by atoms with Crippen molar-refractivity contribution in [2.75, 3.05) is 13.3 Å². The molecule has 128 valence electrons. The molecule has 1 heterocycles. The molecule has 7 heteroatoms. The van der Waals surface area contributed by atoms with Crippen LogP contribution < -0.4 is 0 Å². The van der Waals surface area contributed by atoms with Crippen LogP contribution in [0.4, 0.5) is 0 Å². The average molecular weight is 354 g/mol. The molecule has 3 aromatic rings. The topological polar surface area (TPSA) is 68.1 Å². The van der Waals surface area contributed by atoms with Crippen molar-refractivity contribution in [2.45, 2.75) is 11.4 Å². The van der Waals surface area contributed by atoms with Crippen molar-refractivity contribution in [3.05, 3.63) is 72.1 Å². The van der Waals surface area contributed by atoms with E-state index in [0.717, 1.165) is 16.1 Å². The molecule has 6 nitrogen and oxygen atoms in total. The molecule has 1 amide bonds. The van der Waals surface area contributed by atoms with Crippen molar-refractivity contribution in [3.63, 3.8) is 0 Å². The van der Waals surface area contributed by atoms with Gasteiger partial charge >= 0.3 is 0 Å². The van der Waals surface area contributed by atoms with E-state index in [1.807, 2.05) is 36.4 Å². The van der Waals surface area contributed by atoms with Crippen LogP contribution in [0.5, 0.6) is 0 Å². The minimum atomic E-state index is -0.996. The maximum absolute atomic E-state index is 12.6. The van der Waals surface area contributed by atoms with Crippen molar-refractivity contribution in [2.24, 2.45) is 0 Å². The van der Waals surface area contributed by atoms with Crippen LogP contribution in [0, 0.1) is 0 Å². The highest BCUT2D eigenvalue weighted by atomic mass is 32.2. The Balaban J connectivity index is 1.68. The van der Waals surface area contributed by atoms with Gasteiger partial charge in [0, 0.05) is 41.1 Å². The largest absolute Gasteiger partial charge is 0.337 e. The summed E-state index contributed by atoms with van der Waals surface area (Å²) in [4.78, 5) is 15.0. The Morgan fingerprint density at radius 2 is 1.80 bits per heavy atom. The fourth-order valence-electron chi connectivity index (χ4n) is 2.46. The third kappa shape index (κ3) is 4.00. The summed E-state index contributed by atoms with van der Waals surface area (Å²) in [5.74, 6) is -0.0618. The van der Waals surface area contributed by atoms with Gasteiger partial charge in [-0.25, -0.2) is 4.68 Å². The van der Waals surface area contributed by atoms with E-state index in [2.05, 4.69) is 10.3 Å². The van der Waals surface area contributed by atoms with Crippen LogP contribution in [0.25, 0.3) is 5.69 Å². The summed E-state index contributed by atoms with van der Waals surface area (Å²) in [6, 6.07) is 14.7. The first-order chi connectivity index (χ1) is 12.0. The van der Waals surface area contributed by atoms with Crippen molar-refractivity contribution < 1.29 is 9.00 Å². The number of amides is 1. The molecular formula is C18H18N4O2S. The van der Waals surface area contributed by atoms with Crippen LogP contribution >= 0.6 is 0 Å². The van der Waals surface area contributed by atoms with Gasteiger partial charge < -0.3 is 4.90 Å². The Bertz CT molecular complexity index is 874. The standard InChI is InChI=1S/C18H18N4O2S/c1-21(13-14-3-9-17(10-4-14)25(2)24)18(23)15-5-7-16(8-6-15)22-12-11-19-20-22/h3-12H,13H2,1-2H3. The molecule has 3 rings (SSSR count). The average Bonchev–Trinajstić information content (AvgIpc) is 3.16. The summed E-state index contributed by atoms with van der Waals surface area (Å²) in [5, 5.41) is 7.69. The minimum absolute atomic E-state index is 0.0618. The Labute approximate surface area is 148 Å². The second-order valence-corrected chi connectivity index (χ2v) is 7.03. The monoisotopic (exact) mass is 354 g/mol. The normalized spacial score (nSPS) is 11.9. The lowest BCUT2D eigenvalue weighted by Gasteiger charge is -2.17. The lowest BCUT2D eigenvalue weighted by molar-refractivity contribution is 0.0785.